The summed E-state index contributed by atoms with van der Waals surface area (Å²) < 4.78 is 92.3. The Kier molecular flexibility index (Phi) is 9.33. The van der Waals surface area contributed by atoms with Crippen LogP contribution in [0.1, 0.15) is 50.7 Å². The lowest BCUT2D eigenvalue weighted by Crippen LogP contribution is -2.41. The Bertz CT molecular complexity index is 1630. The third-order valence-electron chi connectivity index (χ3n) is 9.23. The number of nitrogens with one attached hydrogen (secondary N) is 2. The van der Waals surface area contributed by atoms with E-state index in [0.29, 0.717) is 32.7 Å². The van der Waals surface area contributed by atoms with E-state index in [-0.39, 0.29) is 46.7 Å². The lowest BCUT2D eigenvalue weighted by molar-refractivity contribution is -0.137. The van der Waals surface area contributed by atoms with E-state index in [1.54, 1.807) is 6.92 Å². The molecule has 2 aromatic heterocycles. The summed E-state index contributed by atoms with van der Waals surface area (Å²) in [5.41, 5.74) is 1.15. The zero-order valence-electron chi connectivity index (χ0n) is 26.7. The van der Waals surface area contributed by atoms with Gasteiger partial charge in [0.2, 0.25) is 5.88 Å². The molecule has 1 unspecified atom stereocenters. The van der Waals surface area contributed by atoms with E-state index in [0.717, 1.165) is 51.9 Å². The Hall–Kier alpha value is -3.56. The highest BCUT2D eigenvalue weighted by Crippen LogP contribution is 2.47. The Morgan fingerprint density at radius 3 is 2.55 bits per heavy atom. The molecule has 15 heteroatoms. The first kappa shape index (κ1) is 33.3. The lowest BCUT2D eigenvalue weighted by atomic mass is 9.96. The molecular weight excluding hydrogens is 625 g/mol. The Morgan fingerprint density at radius 2 is 1.87 bits per heavy atom. The fraction of sp³-hybridized carbons (Fsp3) is 0.594. The molecule has 10 nitrogen and oxygen atoms in total. The van der Waals surface area contributed by atoms with E-state index in [2.05, 4.69) is 30.5 Å². The molecule has 0 radical (unpaired) electrons. The molecule has 3 aliphatic rings. The molecule has 2 fully saturated rings. The van der Waals surface area contributed by atoms with Crippen molar-refractivity contribution in [1.82, 2.24) is 25.2 Å². The van der Waals surface area contributed by atoms with Crippen molar-refractivity contribution >= 4 is 22.4 Å². The van der Waals surface area contributed by atoms with Crippen LogP contribution in [0.3, 0.4) is 0 Å². The van der Waals surface area contributed by atoms with Crippen LogP contribution in [0.2, 0.25) is 0 Å². The fourth-order valence-corrected chi connectivity index (χ4v) is 6.24. The van der Waals surface area contributed by atoms with Gasteiger partial charge in [-0.2, -0.15) is 23.1 Å². The van der Waals surface area contributed by atoms with Crippen LogP contribution in [-0.4, -0.2) is 84.5 Å². The summed E-state index contributed by atoms with van der Waals surface area (Å²) in [6, 6.07) is 0.655. The average Bonchev–Trinajstić information content (AvgIpc) is 3.80. The maximum absolute atomic E-state index is 16.7. The van der Waals surface area contributed by atoms with Gasteiger partial charge in [0.1, 0.15) is 28.2 Å². The van der Waals surface area contributed by atoms with Crippen LogP contribution < -0.4 is 25.8 Å². The minimum Gasteiger partial charge on any atom is -0.474 e. The summed E-state index contributed by atoms with van der Waals surface area (Å²) >= 11 is 0. The highest BCUT2D eigenvalue weighted by atomic mass is 19.4. The molecule has 0 amide bonds. The summed E-state index contributed by atoms with van der Waals surface area (Å²) in [7, 11) is 0. The molecule has 47 heavy (non-hydrogen) atoms. The number of hydrogen-bond donors (Lipinski definition) is 3. The number of ether oxygens (including phenoxy) is 3. The molecular formula is C32H40F5N7O3. The standard InChI is InChI=1S/C32H40F5N7O3/c1-4-19-14-40-28-22-27(42-30(43-28)46-16-31(6-7-31)15-44-9-11-45-12-10-44)25(34)26(41-29(22)47-17(2)5-8-39-19)20-13-21(38)24(33)18(3)23(20)32(35,36)37/h13,17,19,39H,4-12,14-16,38H2,1-3H3,(H,40,42,43)/t17-,19?/m0/s1. The molecule has 4 N–H and O–H groups in total. The van der Waals surface area contributed by atoms with Gasteiger partial charge in [0, 0.05) is 43.2 Å². The minimum absolute atomic E-state index is 0.0398. The molecule has 1 saturated heterocycles. The van der Waals surface area contributed by atoms with Crippen molar-refractivity contribution in [1.29, 1.82) is 0 Å². The molecule has 2 atom stereocenters. The first-order valence-corrected chi connectivity index (χ1v) is 16.0. The van der Waals surface area contributed by atoms with Gasteiger partial charge in [0.25, 0.3) is 0 Å². The van der Waals surface area contributed by atoms with Gasteiger partial charge in [-0.25, -0.2) is 13.8 Å². The zero-order valence-corrected chi connectivity index (χ0v) is 26.7. The van der Waals surface area contributed by atoms with Gasteiger partial charge >= 0.3 is 12.2 Å². The molecule has 0 bridgehead atoms. The first-order chi connectivity index (χ1) is 22.4. The third-order valence-corrected chi connectivity index (χ3v) is 9.23. The predicted octanol–water partition coefficient (Wildman–Crippen LogP) is 5.32. The van der Waals surface area contributed by atoms with Crippen LogP contribution >= 0.6 is 0 Å². The second kappa shape index (κ2) is 13.2. The van der Waals surface area contributed by atoms with Crippen molar-refractivity contribution in [3.05, 3.63) is 28.8 Å². The van der Waals surface area contributed by atoms with Crippen LogP contribution in [0.15, 0.2) is 6.07 Å². The zero-order chi connectivity index (χ0) is 33.5. The number of nitrogen functional groups attached to an aromatic ring is 1. The topological polar surface area (TPSA) is 120 Å². The van der Waals surface area contributed by atoms with Crippen molar-refractivity contribution in [2.45, 2.75) is 64.8 Å². The molecule has 2 aliphatic heterocycles. The van der Waals surface area contributed by atoms with Gasteiger partial charge in [-0.1, -0.05) is 6.92 Å². The number of anilines is 2. The summed E-state index contributed by atoms with van der Waals surface area (Å²) in [5, 5.41) is 6.78. The smallest absolute Gasteiger partial charge is 0.417 e. The highest BCUT2D eigenvalue weighted by molar-refractivity contribution is 5.96. The number of hydrogen-bond acceptors (Lipinski definition) is 10. The van der Waals surface area contributed by atoms with E-state index >= 15 is 4.39 Å². The molecule has 1 aromatic carbocycles. The molecule has 6 rings (SSSR count). The number of alkyl halides is 3. The van der Waals surface area contributed by atoms with Gasteiger partial charge < -0.3 is 30.6 Å². The maximum Gasteiger partial charge on any atom is 0.417 e. The largest absolute Gasteiger partial charge is 0.474 e. The van der Waals surface area contributed by atoms with E-state index in [1.807, 2.05) is 6.92 Å². The predicted molar refractivity (Wildman–Crippen MR) is 167 cm³/mol. The minimum atomic E-state index is -5.04. The second-order valence-corrected chi connectivity index (χ2v) is 12.8. The number of rotatable bonds is 7. The average molecular weight is 666 g/mol. The molecule has 1 saturated carbocycles. The van der Waals surface area contributed by atoms with Crippen LogP contribution in [0.4, 0.5) is 33.5 Å². The first-order valence-electron chi connectivity index (χ1n) is 16.0. The fourth-order valence-electron chi connectivity index (χ4n) is 6.24. The molecule has 0 spiro atoms. The van der Waals surface area contributed by atoms with Crippen molar-refractivity contribution in [2.75, 3.05) is 63.6 Å². The van der Waals surface area contributed by atoms with E-state index in [9.17, 15) is 17.6 Å². The normalized spacial score (nSPS) is 21.9. The van der Waals surface area contributed by atoms with Crippen LogP contribution in [0, 0.1) is 24.0 Å². The van der Waals surface area contributed by atoms with E-state index in [1.165, 1.54) is 0 Å². The third kappa shape index (κ3) is 7.02. The number of halogens is 5. The molecule has 256 valence electrons. The van der Waals surface area contributed by atoms with Crippen molar-refractivity contribution < 1.29 is 36.2 Å². The number of nitrogens with two attached hydrogens (primary N) is 1. The number of morpholine rings is 1. The summed E-state index contributed by atoms with van der Waals surface area (Å²) in [4.78, 5) is 15.6. The Balaban J connectivity index is 1.49. The van der Waals surface area contributed by atoms with Gasteiger partial charge in [0.15, 0.2) is 5.82 Å². The van der Waals surface area contributed by atoms with Gasteiger partial charge in [-0.3, -0.25) is 4.90 Å². The highest BCUT2D eigenvalue weighted by Gasteiger charge is 2.45. The van der Waals surface area contributed by atoms with E-state index in [4.69, 9.17) is 19.9 Å². The molecule has 1 aliphatic carbocycles. The number of aromatic nitrogens is 3. The second-order valence-electron chi connectivity index (χ2n) is 12.8. The number of nitrogens with zero attached hydrogens (tertiary/aromatic N) is 4. The Labute approximate surface area is 269 Å². The molecule has 4 heterocycles. The van der Waals surface area contributed by atoms with Gasteiger partial charge in [0.05, 0.1) is 37.2 Å². The number of pyridine rings is 1. The lowest BCUT2D eigenvalue weighted by Gasteiger charge is -2.30. The molecule has 3 aromatic rings. The number of benzene rings is 1. The van der Waals surface area contributed by atoms with Crippen LogP contribution in [0.5, 0.6) is 11.9 Å². The Morgan fingerprint density at radius 1 is 1.13 bits per heavy atom. The van der Waals surface area contributed by atoms with Crippen LogP contribution in [-0.2, 0) is 10.9 Å². The van der Waals surface area contributed by atoms with Crippen molar-refractivity contribution in [3.8, 4) is 23.1 Å². The van der Waals surface area contributed by atoms with E-state index < -0.39 is 52.0 Å². The monoisotopic (exact) mass is 665 g/mol. The van der Waals surface area contributed by atoms with Gasteiger partial charge in [-0.15, -0.1) is 0 Å². The summed E-state index contributed by atoms with van der Waals surface area (Å²) in [6.07, 6.45) is -2.31. The maximum atomic E-state index is 16.7. The quantitative estimate of drug-likeness (QED) is 0.226. The van der Waals surface area contributed by atoms with Crippen LogP contribution in [0.25, 0.3) is 22.2 Å². The van der Waals surface area contributed by atoms with Gasteiger partial charge in [-0.05, 0) is 57.7 Å². The van der Waals surface area contributed by atoms with Crippen molar-refractivity contribution in [2.24, 2.45) is 5.41 Å². The van der Waals surface area contributed by atoms with Crippen molar-refractivity contribution in [3.63, 3.8) is 0 Å². The summed E-state index contributed by atoms with van der Waals surface area (Å²) in [6.45, 7) is 9.83. The SMILES string of the molecule is CCC1CNc2nc(OCC3(CN4CCOCC4)CC3)nc3c(F)c(-c4cc(N)c(F)c(C)c4C(F)(F)F)nc(c23)O[C@@H](C)CCN1. The summed E-state index contributed by atoms with van der Waals surface area (Å²) in [5.74, 6) is -2.39.